The molecule has 2 aromatic carbocycles. The quantitative estimate of drug-likeness (QED) is 0.660. The third-order valence-electron chi connectivity index (χ3n) is 3.42. The molecule has 0 aliphatic carbocycles. The molecule has 112 valence electrons. The molecule has 0 amide bonds. The first-order valence-electron chi connectivity index (χ1n) is 6.91. The molecule has 2 aromatic rings. The van der Waals surface area contributed by atoms with E-state index in [0.29, 0.717) is 16.1 Å². The molecule has 1 nitrogen and oxygen atoms in total. The summed E-state index contributed by atoms with van der Waals surface area (Å²) in [6.45, 7) is 4.30. The lowest BCUT2D eigenvalue weighted by Gasteiger charge is -2.21. The van der Waals surface area contributed by atoms with E-state index in [4.69, 9.17) is 23.2 Å². The molecule has 0 saturated carbocycles. The van der Waals surface area contributed by atoms with Crippen molar-refractivity contribution in [2.75, 3.05) is 0 Å². The maximum absolute atomic E-state index is 6.26. The number of halogens is 3. The van der Waals surface area contributed by atoms with Crippen LogP contribution in [0.2, 0.25) is 10.0 Å². The monoisotopic (exact) mass is 385 g/mol. The van der Waals surface area contributed by atoms with Crippen molar-refractivity contribution in [3.05, 3.63) is 68.1 Å². The summed E-state index contributed by atoms with van der Waals surface area (Å²) in [6.07, 6.45) is 0.975. The fourth-order valence-electron chi connectivity index (χ4n) is 2.40. The van der Waals surface area contributed by atoms with Crippen molar-refractivity contribution in [3.63, 3.8) is 0 Å². The number of nitrogens with one attached hydrogen (secondary N) is 1. The molecule has 2 atom stereocenters. The van der Waals surface area contributed by atoms with Crippen LogP contribution >= 0.6 is 39.1 Å². The van der Waals surface area contributed by atoms with Crippen LogP contribution in [-0.2, 0) is 6.42 Å². The van der Waals surface area contributed by atoms with Gasteiger partial charge in [0.25, 0.3) is 0 Å². The Balaban J connectivity index is 1.98. The van der Waals surface area contributed by atoms with Gasteiger partial charge in [0.15, 0.2) is 0 Å². The van der Waals surface area contributed by atoms with Gasteiger partial charge < -0.3 is 5.32 Å². The molecule has 2 unspecified atom stereocenters. The van der Waals surface area contributed by atoms with E-state index in [2.05, 4.69) is 59.4 Å². The predicted octanol–water partition coefficient (Wildman–Crippen LogP) is 6.04. The Morgan fingerprint density at radius 3 is 2.33 bits per heavy atom. The van der Waals surface area contributed by atoms with Gasteiger partial charge in [0.1, 0.15) is 0 Å². The van der Waals surface area contributed by atoms with Gasteiger partial charge in [0.05, 0.1) is 0 Å². The fraction of sp³-hybridized carbons (Fsp3) is 0.294. The maximum Gasteiger partial charge on any atom is 0.0468 e. The summed E-state index contributed by atoms with van der Waals surface area (Å²) in [7, 11) is 0. The second-order valence-corrected chi connectivity index (χ2v) is 7.05. The minimum Gasteiger partial charge on any atom is -0.307 e. The van der Waals surface area contributed by atoms with Gasteiger partial charge in [-0.2, -0.15) is 0 Å². The molecule has 21 heavy (non-hydrogen) atoms. The van der Waals surface area contributed by atoms with Gasteiger partial charge in [0.2, 0.25) is 0 Å². The molecule has 0 heterocycles. The summed E-state index contributed by atoms with van der Waals surface area (Å²) in [4.78, 5) is 0. The molecule has 0 aromatic heterocycles. The Morgan fingerprint density at radius 2 is 1.71 bits per heavy atom. The van der Waals surface area contributed by atoms with Gasteiger partial charge in [0, 0.05) is 26.6 Å². The number of hydrogen-bond donors (Lipinski definition) is 1. The van der Waals surface area contributed by atoms with Crippen molar-refractivity contribution in [2.24, 2.45) is 0 Å². The third kappa shape index (κ3) is 5.00. The van der Waals surface area contributed by atoms with Crippen molar-refractivity contribution >= 4 is 39.1 Å². The maximum atomic E-state index is 6.26. The van der Waals surface area contributed by atoms with Crippen molar-refractivity contribution in [1.82, 2.24) is 5.32 Å². The van der Waals surface area contributed by atoms with E-state index < -0.39 is 0 Å². The topological polar surface area (TPSA) is 12.0 Å². The number of benzene rings is 2. The van der Waals surface area contributed by atoms with Crippen molar-refractivity contribution in [1.29, 1.82) is 0 Å². The zero-order valence-electron chi connectivity index (χ0n) is 12.0. The lowest BCUT2D eigenvalue weighted by Crippen LogP contribution is -2.30. The Labute approximate surface area is 144 Å². The second-order valence-electron chi connectivity index (χ2n) is 5.29. The van der Waals surface area contributed by atoms with Crippen LogP contribution in [0.15, 0.2) is 46.9 Å². The summed E-state index contributed by atoms with van der Waals surface area (Å²) in [5.41, 5.74) is 2.39. The Morgan fingerprint density at radius 1 is 1.05 bits per heavy atom. The van der Waals surface area contributed by atoms with Gasteiger partial charge in [-0.1, -0.05) is 57.3 Å². The summed E-state index contributed by atoms with van der Waals surface area (Å²) in [5.74, 6) is 0. The van der Waals surface area contributed by atoms with E-state index in [1.54, 1.807) is 6.07 Å². The van der Waals surface area contributed by atoms with Gasteiger partial charge >= 0.3 is 0 Å². The first-order chi connectivity index (χ1) is 9.95. The number of hydrogen-bond acceptors (Lipinski definition) is 1. The highest BCUT2D eigenvalue weighted by molar-refractivity contribution is 9.10. The smallest absolute Gasteiger partial charge is 0.0468 e. The molecular formula is C17H18BrCl2N. The van der Waals surface area contributed by atoms with Crippen molar-refractivity contribution in [3.8, 4) is 0 Å². The highest BCUT2D eigenvalue weighted by Gasteiger charge is 2.13. The van der Waals surface area contributed by atoms with Crippen LogP contribution in [0.3, 0.4) is 0 Å². The molecule has 4 heteroatoms. The largest absolute Gasteiger partial charge is 0.307 e. The molecule has 0 bridgehead atoms. The summed E-state index contributed by atoms with van der Waals surface area (Å²) in [6, 6.07) is 14.6. The molecule has 0 spiro atoms. The predicted molar refractivity (Wildman–Crippen MR) is 95.3 cm³/mol. The van der Waals surface area contributed by atoms with E-state index >= 15 is 0 Å². The average molecular weight is 387 g/mol. The molecule has 0 saturated heterocycles. The highest BCUT2D eigenvalue weighted by atomic mass is 79.9. The van der Waals surface area contributed by atoms with E-state index in [9.17, 15) is 0 Å². The molecule has 0 radical (unpaired) electrons. The van der Waals surface area contributed by atoms with Crippen LogP contribution in [0.1, 0.15) is 31.0 Å². The van der Waals surface area contributed by atoms with Crippen LogP contribution in [-0.4, -0.2) is 6.04 Å². The molecular weight excluding hydrogens is 369 g/mol. The second kappa shape index (κ2) is 7.64. The van der Waals surface area contributed by atoms with E-state index in [1.807, 2.05) is 12.1 Å². The van der Waals surface area contributed by atoms with Crippen LogP contribution in [0.5, 0.6) is 0 Å². The van der Waals surface area contributed by atoms with E-state index in [-0.39, 0.29) is 6.04 Å². The summed E-state index contributed by atoms with van der Waals surface area (Å²) < 4.78 is 1.10. The normalized spacial score (nSPS) is 14.0. The Hall–Kier alpha value is -0.540. The van der Waals surface area contributed by atoms with Crippen LogP contribution < -0.4 is 5.32 Å². The first-order valence-corrected chi connectivity index (χ1v) is 8.46. The van der Waals surface area contributed by atoms with Gasteiger partial charge in [-0.05, 0) is 55.7 Å². The lowest BCUT2D eigenvalue weighted by molar-refractivity contribution is 0.477. The summed E-state index contributed by atoms with van der Waals surface area (Å²) >= 11 is 15.6. The molecule has 1 N–H and O–H groups in total. The zero-order valence-corrected chi connectivity index (χ0v) is 15.1. The lowest BCUT2D eigenvalue weighted by atomic mass is 10.0. The van der Waals surface area contributed by atoms with Gasteiger partial charge in [-0.15, -0.1) is 0 Å². The standard InChI is InChI=1S/C17H18BrCl2N/c1-11(9-13-3-5-14(18)6-4-13)21-12(2)16-8-7-15(19)10-17(16)20/h3-8,10-12,21H,9H2,1-2H3. The molecule has 0 fully saturated rings. The molecule has 0 aliphatic heterocycles. The first kappa shape index (κ1) is 16.8. The third-order valence-corrected chi connectivity index (χ3v) is 4.51. The SMILES string of the molecule is CC(Cc1ccc(Br)cc1)NC(C)c1ccc(Cl)cc1Cl. The minimum atomic E-state index is 0.181. The van der Waals surface area contributed by atoms with Crippen molar-refractivity contribution in [2.45, 2.75) is 32.4 Å². The zero-order chi connectivity index (χ0) is 15.4. The van der Waals surface area contributed by atoms with Crippen LogP contribution in [0.4, 0.5) is 0 Å². The van der Waals surface area contributed by atoms with E-state index in [0.717, 1.165) is 16.5 Å². The van der Waals surface area contributed by atoms with Crippen LogP contribution in [0.25, 0.3) is 0 Å². The average Bonchev–Trinajstić information content (AvgIpc) is 2.41. The Kier molecular flexibility index (Phi) is 6.12. The Bertz CT molecular complexity index is 598. The van der Waals surface area contributed by atoms with Crippen molar-refractivity contribution < 1.29 is 0 Å². The van der Waals surface area contributed by atoms with Gasteiger partial charge in [-0.25, -0.2) is 0 Å². The fourth-order valence-corrected chi connectivity index (χ4v) is 3.24. The molecule has 2 rings (SSSR count). The minimum absolute atomic E-state index is 0.181. The number of rotatable bonds is 5. The summed E-state index contributed by atoms with van der Waals surface area (Å²) in [5, 5.41) is 4.95. The molecule has 0 aliphatic rings. The van der Waals surface area contributed by atoms with E-state index in [1.165, 1.54) is 5.56 Å². The highest BCUT2D eigenvalue weighted by Crippen LogP contribution is 2.26. The van der Waals surface area contributed by atoms with Gasteiger partial charge in [-0.3, -0.25) is 0 Å². The van der Waals surface area contributed by atoms with Crippen LogP contribution in [0, 0.1) is 0 Å².